The van der Waals surface area contributed by atoms with Crippen molar-refractivity contribution in [2.45, 2.75) is 37.7 Å². The lowest BCUT2D eigenvalue weighted by molar-refractivity contribution is -0.0169. The van der Waals surface area contributed by atoms with Crippen molar-refractivity contribution < 1.29 is 13.9 Å². The molecule has 0 aromatic rings. The third kappa shape index (κ3) is 1.39. The van der Waals surface area contributed by atoms with E-state index in [1.165, 1.54) is 0 Å². The Hall–Kier alpha value is -0.180. The van der Waals surface area contributed by atoms with Gasteiger partial charge in [0.05, 0.1) is 0 Å². The Bertz CT molecular complexity index is 87.1. The van der Waals surface area contributed by atoms with Crippen LogP contribution in [0, 0.1) is 0 Å². The van der Waals surface area contributed by atoms with Crippen LogP contribution in [-0.2, 0) is 0 Å². The molecular formula is C6H10F2O. The monoisotopic (exact) mass is 136 g/mol. The minimum absolute atomic E-state index is 0.307. The number of rotatable bonds is 0. The molecule has 0 spiro atoms. The molecule has 0 aromatic carbocycles. The summed E-state index contributed by atoms with van der Waals surface area (Å²) < 4.78 is 24.7. The molecule has 9 heavy (non-hydrogen) atoms. The van der Waals surface area contributed by atoms with Crippen molar-refractivity contribution in [1.29, 1.82) is 0 Å². The number of hydrogen-bond acceptors (Lipinski definition) is 1. The van der Waals surface area contributed by atoms with Crippen LogP contribution in [0.25, 0.3) is 0 Å². The SMILES string of the molecule is OC1[C@H](F)CCC[C@H]1F. The summed E-state index contributed by atoms with van der Waals surface area (Å²) in [5.74, 6) is 0. The summed E-state index contributed by atoms with van der Waals surface area (Å²) in [6.45, 7) is 0. The molecule has 0 aliphatic heterocycles. The maximum absolute atomic E-state index is 12.3. The maximum Gasteiger partial charge on any atom is 0.129 e. The summed E-state index contributed by atoms with van der Waals surface area (Å²) in [6.07, 6.45) is -2.87. The highest BCUT2D eigenvalue weighted by atomic mass is 19.1. The van der Waals surface area contributed by atoms with E-state index in [0.29, 0.717) is 19.3 Å². The molecule has 2 atom stereocenters. The number of aliphatic hydroxyl groups excluding tert-OH is 1. The van der Waals surface area contributed by atoms with Gasteiger partial charge in [-0.15, -0.1) is 0 Å². The zero-order valence-electron chi connectivity index (χ0n) is 5.06. The van der Waals surface area contributed by atoms with E-state index in [2.05, 4.69) is 0 Å². The second-order valence-corrected chi connectivity index (χ2v) is 2.45. The average molecular weight is 136 g/mol. The first kappa shape index (κ1) is 6.93. The second kappa shape index (κ2) is 2.60. The lowest BCUT2D eigenvalue weighted by Gasteiger charge is -2.24. The number of hydrogen-bond donors (Lipinski definition) is 1. The Morgan fingerprint density at radius 3 is 1.89 bits per heavy atom. The minimum Gasteiger partial charge on any atom is -0.387 e. The van der Waals surface area contributed by atoms with E-state index < -0.39 is 18.4 Å². The Morgan fingerprint density at radius 1 is 1.11 bits per heavy atom. The topological polar surface area (TPSA) is 20.2 Å². The van der Waals surface area contributed by atoms with Crippen LogP contribution in [0.2, 0.25) is 0 Å². The van der Waals surface area contributed by atoms with Crippen LogP contribution in [0.3, 0.4) is 0 Å². The van der Waals surface area contributed by atoms with E-state index in [-0.39, 0.29) is 0 Å². The van der Waals surface area contributed by atoms with Crippen molar-refractivity contribution in [1.82, 2.24) is 0 Å². The fourth-order valence-corrected chi connectivity index (χ4v) is 1.08. The fraction of sp³-hybridized carbons (Fsp3) is 1.00. The van der Waals surface area contributed by atoms with E-state index in [0.717, 1.165) is 0 Å². The van der Waals surface area contributed by atoms with Crippen LogP contribution >= 0.6 is 0 Å². The zero-order valence-corrected chi connectivity index (χ0v) is 5.06. The van der Waals surface area contributed by atoms with Crippen LogP contribution in [0.5, 0.6) is 0 Å². The van der Waals surface area contributed by atoms with Crippen LogP contribution in [-0.4, -0.2) is 23.6 Å². The molecular weight excluding hydrogens is 126 g/mol. The normalized spacial score (nSPS) is 39.0. The first-order valence-electron chi connectivity index (χ1n) is 3.18. The van der Waals surface area contributed by atoms with Crippen molar-refractivity contribution in [3.63, 3.8) is 0 Å². The van der Waals surface area contributed by atoms with Gasteiger partial charge >= 0.3 is 0 Å². The number of aliphatic hydroxyl groups is 1. The van der Waals surface area contributed by atoms with Gasteiger partial charge in [-0.3, -0.25) is 0 Å². The molecule has 1 fully saturated rings. The molecule has 0 radical (unpaired) electrons. The molecule has 0 heterocycles. The van der Waals surface area contributed by atoms with Gasteiger partial charge in [0.25, 0.3) is 0 Å². The third-order valence-electron chi connectivity index (χ3n) is 1.70. The van der Waals surface area contributed by atoms with Crippen LogP contribution in [0.4, 0.5) is 8.78 Å². The molecule has 1 nitrogen and oxygen atoms in total. The van der Waals surface area contributed by atoms with E-state index in [9.17, 15) is 8.78 Å². The summed E-state index contributed by atoms with van der Waals surface area (Å²) in [6, 6.07) is 0. The number of alkyl halides is 2. The van der Waals surface area contributed by atoms with E-state index in [1.54, 1.807) is 0 Å². The highest BCUT2D eigenvalue weighted by molar-refractivity contribution is 4.81. The van der Waals surface area contributed by atoms with Gasteiger partial charge in [0, 0.05) is 0 Å². The summed E-state index contributed by atoms with van der Waals surface area (Å²) in [5, 5.41) is 8.70. The summed E-state index contributed by atoms with van der Waals surface area (Å²) in [4.78, 5) is 0. The maximum atomic E-state index is 12.3. The molecule has 54 valence electrons. The Kier molecular flexibility index (Phi) is 2.01. The van der Waals surface area contributed by atoms with Gasteiger partial charge in [-0.05, 0) is 19.3 Å². The standard InChI is InChI=1S/C6H10F2O/c7-4-2-1-3-5(8)6(4)9/h4-6,9H,1-3H2/t4-,5-/m1/s1. The zero-order chi connectivity index (χ0) is 6.85. The molecule has 1 N–H and O–H groups in total. The quantitative estimate of drug-likeness (QED) is 0.530. The minimum atomic E-state index is -1.36. The molecule has 0 bridgehead atoms. The first-order valence-corrected chi connectivity index (χ1v) is 3.18. The molecule has 3 heteroatoms. The van der Waals surface area contributed by atoms with Gasteiger partial charge in [-0.2, -0.15) is 0 Å². The lowest BCUT2D eigenvalue weighted by Crippen LogP contribution is -2.35. The van der Waals surface area contributed by atoms with Gasteiger partial charge in [0.2, 0.25) is 0 Å². The Morgan fingerprint density at radius 2 is 1.56 bits per heavy atom. The van der Waals surface area contributed by atoms with Crippen LogP contribution in [0.1, 0.15) is 19.3 Å². The first-order chi connectivity index (χ1) is 4.22. The predicted molar refractivity (Wildman–Crippen MR) is 29.6 cm³/mol. The van der Waals surface area contributed by atoms with Gasteiger partial charge in [0.1, 0.15) is 18.4 Å². The van der Waals surface area contributed by atoms with Crippen molar-refractivity contribution in [2.24, 2.45) is 0 Å². The molecule has 0 unspecified atom stereocenters. The second-order valence-electron chi connectivity index (χ2n) is 2.45. The molecule has 1 saturated carbocycles. The third-order valence-corrected chi connectivity index (χ3v) is 1.70. The highest BCUT2D eigenvalue weighted by Gasteiger charge is 2.31. The molecule has 1 aliphatic rings. The molecule has 0 saturated heterocycles. The molecule has 0 aromatic heterocycles. The molecule has 1 aliphatic carbocycles. The van der Waals surface area contributed by atoms with E-state index >= 15 is 0 Å². The van der Waals surface area contributed by atoms with Crippen LogP contribution < -0.4 is 0 Å². The summed E-state index contributed by atoms with van der Waals surface area (Å²) in [5.41, 5.74) is 0. The van der Waals surface area contributed by atoms with Gasteiger partial charge in [-0.1, -0.05) is 0 Å². The highest BCUT2D eigenvalue weighted by Crippen LogP contribution is 2.23. The van der Waals surface area contributed by atoms with Crippen LogP contribution in [0.15, 0.2) is 0 Å². The Labute approximate surface area is 52.7 Å². The van der Waals surface area contributed by atoms with Crippen molar-refractivity contribution in [2.75, 3.05) is 0 Å². The largest absolute Gasteiger partial charge is 0.387 e. The van der Waals surface area contributed by atoms with Crippen molar-refractivity contribution in [3.8, 4) is 0 Å². The van der Waals surface area contributed by atoms with Crippen molar-refractivity contribution >= 4 is 0 Å². The lowest BCUT2D eigenvalue weighted by atomic mass is 9.94. The van der Waals surface area contributed by atoms with Crippen molar-refractivity contribution in [3.05, 3.63) is 0 Å². The predicted octanol–water partition coefficient (Wildman–Crippen LogP) is 1.21. The van der Waals surface area contributed by atoms with Gasteiger partial charge in [0.15, 0.2) is 0 Å². The van der Waals surface area contributed by atoms with Gasteiger partial charge in [-0.25, -0.2) is 8.78 Å². The van der Waals surface area contributed by atoms with Gasteiger partial charge < -0.3 is 5.11 Å². The van der Waals surface area contributed by atoms with E-state index in [4.69, 9.17) is 5.11 Å². The smallest absolute Gasteiger partial charge is 0.129 e. The summed E-state index contributed by atoms with van der Waals surface area (Å²) >= 11 is 0. The molecule has 0 amide bonds. The molecule has 1 rings (SSSR count). The fourth-order valence-electron chi connectivity index (χ4n) is 1.08. The Balaban J connectivity index is 2.41. The summed E-state index contributed by atoms with van der Waals surface area (Å²) in [7, 11) is 0. The van der Waals surface area contributed by atoms with E-state index in [1.807, 2.05) is 0 Å². The average Bonchev–Trinajstić information content (AvgIpc) is 1.83. The number of halogens is 2.